The van der Waals surface area contributed by atoms with Crippen LogP contribution in [0, 0.1) is 0 Å². The first kappa shape index (κ1) is 27.0. The number of fused-ring (bicyclic) bond motifs is 8. The van der Waals surface area contributed by atoms with Gasteiger partial charge >= 0.3 is 0 Å². The Kier molecular flexibility index (Phi) is 6.01. The summed E-state index contributed by atoms with van der Waals surface area (Å²) in [5.74, 6) is 0.662. The molecule has 224 valence electrons. The highest BCUT2D eigenvalue weighted by Crippen LogP contribution is 2.41. The summed E-state index contributed by atoms with van der Waals surface area (Å²) >= 11 is 1.75. The Bertz CT molecular complexity index is 2830. The molecular weight excluding hydrogens is 607 g/mol. The van der Waals surface area contributed by atoms with Gasteiger partial charge in [-0.15, -0.1) is 11.3 Å². The molecule has 0 saturated heterocycles. The zero-order chi connectivity index (χ0) is 31.6. The number of hydrogen-bond acceptors (Lipinski definition) is 5. The van der Waals surface area contributed by atoms with Gasteiger partial charge in [-0.05, 0) is 29.7 Å². The molecule has 0 N–H and O–H groups in total. The summed E-state index contributed by atoms with van der Waals surface area (Å²) in [6.07, 6.45) is 0. The molecule has 10 aromatic rings. The van der Waals surface area contributed by atoms with E-state index in [0.29, 0.717) is 5.82 Å². The molecule has 0 aliphatic rings. The van der Waals surface area contributed by atoms with Gasteiger partial charge in [-0.2, -0.15) is 0 Å². The van der Waals surface area contributed by atoms with Crippen LogP contribution in [0.4, 0.5) is 0 Å². The summed E-state index contributed by atoms with van der Waals surface area (Å²) in [7, 11) is 0. The molecule has 0 aliphatic carbocycles. The smallest absolute Gasteiger partial charge is 0.161 e. The van der Waals surface area contributed by atoms with Crippen molar-refractivity contribution in [2.24, 2.45) is 0 Å². The van der Waals surface area contributed by atoms with Crippen molar-refractivity contribution in [3.05, 3.63) is 152 Å². The van der Waals surface area contributed by atoms with E-state index in [9.17, 15) is 0 Å². The second-order valence-corrected chi connectivity index (χ2v) is 13.0. The number of para-hydroxylation sites is 1. The Morgan fingerprint density at radius 2 is 1.06 bits per heavy atom. The van der Waals surface area contributed by atoms with Crippen LogP contribution in [-0.2, 0) is 0 Å². The molecule has 4 nitrogen and oxygen atoms in total. The van der Waals surface area contributed by atoms with E-state index in [4.69, 9.17) is 19.4 Å². The van der Waals surface area contributed by atoms with Crippen LogP contribution in [0.15, 0.2) is 156 Å². The molecule has 4 aromatic heterocycles. The lowest BCUT2D eigenvalue weighted by molar-refractivity contribution is 0.669. The lowest BCUT2D eigenvalue weighted by atomic mass is 9.99. The average molecular weight is 632 g/mol. The molecular formula is C43H25N3OS. The first-order valence-electron chi connectivity index (χ1n) is 15.9. The summed E-state index contributed by atoms with van der Waals surface area (Å²) < 4.78 is 7.47. The fraction of sp³-hybridized carbons (Fsp3) is 0. The van der Waals surface area contributed by atoms with E-state index in [-0.39, 0.29) is 0 Å². The van der Waals surface area contributed by atoms with Gasteiger partial charge in [-0.3, -0.25) is 0 Å². The third-order valence-electron chi connectivity index (χ3n) is 9.14. The van der Waals surface area contributed by atoms with Crippen molar-refractivity contribution in [2.45, 2.75) is 0 Å². The molecule has 0 unspecified atom stereocenters. The van der Waals surface area contributed by atoms with Crippen molar-refractivity contribution >= 4 is 64.4 Å². The molecule has 5 heteroatoms. The fourth-order valence-electron chi connectivity index (χ4n) is 6.89. The standard InChI is InChI=1S/C43H25N3OS/c1-2-11-26(12-3-1)34-25-35(45-42(44-34)33-17-10-19-37-39(33)31-15-6-8-18-36(31)47-37)27-21-23-28(24-22-27)41-30-14-5-4-13-29(30)40-32-16-7-9-20-38(32)48-43(40)46-41/h1-25H. The molecule has 0 atom stereocenters. The van der Waals surface area contributed by atoms with Crippen molar-refractivity contribution < 1.29 is 4.42 Å². The zero-order valence-corrected chi connectivity index (χ0v) is 26.4. The highest BCUT2D eigenvalue weighted by atomic mass is 32.1. The Morgan fingerprint density at radius 1 is 0.438 bits per heavy atom. The van der Waals surface area contributed by atoms with E-state index in [2.05, 4.69) is 103 Å². The van der Waals surface area contributed by atoms with Crippen molar-refractivity contribution in [3.63, 3.8) is 0 Å². The van der Waals surface area contributed by atoms with Gasteiger partial charge in [-0.1, -0.05) is 127 Å². The Labute approximate surface area is 279 Å². The van der Waals surface area contributed by atoms with Crippen molar-refractivity contribution in [1.29, 1.82) is 0 Å². The normalized spacial score (nSPS) is 11.8. The van der Waals surface area contributed by atoms with Crippen molar-refractivity contribution in [1.82, 2.24) is 15.0 Å². The molecule has 10 rings (SSSR count). The van der Waals surface area contributed by atoms with E-state index in [1.54, 1.807) is 11.3 Å². The summed E-state index contributed by atoms with van der Waals surface area (Å²) in [6, 6.07) is 52.4. The number of rotatable bonds is 4. The molecule has 6 aromatic carbocycles. The molecule has 0 aliphatic heterocycles. The quantitative estimate of drug-likeness (QED) is 0.194. The molecule has 0 spiro atoms. The maximum Gasteiger partial charge on any atom is 0.161 e. The van der Waals surface area contributed by atoms with Crippen LogP contribution in [0.3, 0.4) is 0 Å². The van der Waals surface area contributed by atoms with Crippen LogP contribution in [0.1, 0.15) is 0 Å². The number of benzene rings is 6. The van der Waals surface area contributed by atoms with Gasteiger partial charge in [0.25, 0.3) is 0 Å². The molecule has 0 radical (unpaired) electrons. The molecule has 4 heterocycles. The van der Waals surface area contributed by atoms with Crippen molar-refractivity contribution in [2.75, 3.05) is 0 Å². The molecule has 0 saturated carbocycles. The number of hydrogen-bond donors (Lipinski definition) is 0. The van der Waals surface area contributed by atoms with E-state index >= 15 is 0 Å². The molecule has 0 fully saturated rings. The number of furan rings is 1. The van der Waals surface area contributed by atoms with E-state index in [1.807, 2.05) is 48.5 Å². The topological polar surface area (TPSA) is 51.8 Å². The average Bonchev–Trinajstić information content (AvgIpc) is 3.73. The van der Waals surface area contributed by atoms with Gasteiger partial charge in [0.15, 0.2) is 5.82 Å². The Morgan fingerprint density at radius 3 is 1.88 bits per heavy atom. The SMILES string of the molecule is c1ccc(-c2cc(-c3ccc(-c4nc5sc6ccccc6c5c5ccccc45)cc3)nc(-c3cccc4oc5ccccc5c34)n2)cc1. The highest BCUT2D eigenvalue weighted by molar-refractivity contribution is 7.25. The number of nitrogens with zero attached hydrogens (tertiary/aromatic N) is 3. The number of aromatic nitrogens is 3. The minimum absolute atomic E-state index is 0.662. The van der Waals surface area contributed by atoms with Gasteiger partial charge in [0.05, 0.1) is 17.1 Å². The third kappa shape index (κ3) is 4.25. The second kappa shape index (κ2) is 10.7. The van der Waals surface area contributed by atoms with Crippen LogP contribution in [0.5, 0.6) is 0 Å². The molecule has 0 bridgehead atoms. The van der Waals surface area contributed by atoms with Crippen LogP contribution in [0.2, 0.25) is 0 Å². The third-order valence-corrected chi connectivity index (χ3v) is 10.2. The Hall–Kier alpha value is -6.17. The monoisotopic (exact) mass is 631 g/mol. The predicted molar refractivity (Wildman–Crippen MR) is 199 cm³/mol. The van der Waals surface area contributed by atoms with E-state index in [0.717, 1.165) is 71.5 Å². The maximum absolute atomic E-state index is 6.21. The maximum atomic E-state index is 6.21. The summed E-state index contributed by atoms with van der Waals surface area (Å²) in [5.41, 5.74) is 8.45. The van der Waals surface area contributed by atoms with Crippen molar-refractivity contribution in [3.8, 4) is 45.2 Å². The zero-order valence-electron chi connectivity index (χ0n) is 25.6. The number of thiophene rings is 1. The van der Waals surface area contributed by atoms with E-state index in [1.165, 1.54) is 20.9 Å². The molecule has 0 amide bonds. The molecule has 48 heavy (non-hydrogen) atoms. The second-order valence-electron chi connectivity index (χ2n) is 12.0. The lowest BCUT2D eigenvalue weighted by Crippen LogP contribution is -1.96. The lowest BCUT2D eigenvalue weighted by Gasteiger charge is -2.11. The fourth-order valence-corrected chi connectivity index (χ4v) is 7.99. The van der Waals surface area contributed by atoms with Crippen LogP contribution in [-0.4, -0.2) is 15.0 Å². The number of pyridine rings is 1. The van der Waals surface area contributed by atoms with Gasteiger partial charge in [0.1, 0.15) is 16.0 Å². The van der Waals surface area contributed by atoms with Crippen LogP contribution < -0.4 is 0 Å². The van der Waals surface area contributed by atoms with Gasteiger partial charge < -0.3 is 4.42 Å². The predicted octanol–water partition coefficient (Wildman–Crippen LogP) is 12.0. The minimum atomic E-state index is 0.662. The van der Waals surface area contributed by atoms with Gasteiger partial charge in [-0.25, -0.2) is 15.0 Å². The van der Waals surface area contributed by atoms with Crippen LogP contribution >= 0.6 is 11.3 Å². The largest absolute Gasteiger partial charge is 0.456 e. The van der Waals surface area contributed by atoms with Gasteiger partial charge in [0, 0.05) is 53.9 Å². The first-order chi connectivity index (χ1) is 23.8. The minimum Gasteiger partial charge on any atom is -0.456 e. The summed E-state index contributed by atoms with van der Waals surface area (Å²) in [6.45, 7) is 0. The first-order valence-corrected chi connectivity index (χ1v) is 16.8. The summed E-state index contributed by atoms with van der Waals surface area (Å²) in [4.78, 5) is 16.6. The van der Waals surface area contributed by atoms with Gasteiger partial charge in [0.2, 0.25) is 0 Å². The highest BCUT2D eigenvalue weighted by Gasteiger charge is 2.18. The van der Waals surface area contributed by atoms with E-state index < -0.39 is 0 Å². The van der Waals surface area contributed by atoms with Crippen LogP contribution in [0.25, 0.3) is 98.2 Å². The Balaban J connectivity index is 1.14. The summed E-state index contributed by atoms with van der Waals surface area (Å²) in [5, 5.41) is 6.95.